The monoisotopic (exact) mass is 650 g/mol. The molecule has 0 amide bonds. The van der Waals surface area contributed by atoms with Crippen LogP contribution in [0.3, 0.4) is 0 Å². The van der Waals surface area contributed by atoms with Gasteiger partial charge in [0.1, 0.15) is 0 Å². The summed E-state index contributed by atoms with van der Waals surface area (Å²) < 4.78 is 0. The van der Waals surface area contributed by atoms with Gasteiger partial charge in [0, 0.05) is 28.7 Å². The van der Waals surface area contributed by atoms with Crippen molar-refractivity contribution in [2.45, 2.75) is 6.42 Å². The van der Waals surface area contributed by atoms with Crippen LogP contribution >= 0.6 is 0 Å². The van der Waals surface area contributed by atoms with E-state index in [2.05, 4.69) is 164 Å². The minimum Gasteiger partial charge on any atom is -0.228 e. The third-order valence-corrected chi connectivity index (χ3v) is 16.1. The first-order valence-electron chi connectivity index (χ1n) is 17.4. The summed E-state index contributed by atoms with van der Waals surface area (Å²) in [5, 5.41) is 6.03. The van der Waals surface area contributed by atoms with E-state index in [1.165, 1.54) is 70.8 Å². The van der Waals surface area contributed by atoms with Gasteiger partial charge in [-0.3, -0.25) is 0 Å². The van der Waals surface area contributed by atoms with Crippen molar-refractivity contribution in [1.82, 2.24) is 9.97 Å². The molecule has 0 fully saturated rings. The molecule has 3 aliphatic rings. The zero-order valence-corrected chi connectivity index (χ0v) is 28.3. The molecule has 232 valence electrons. The molecule has 0 atom stereocenters. The van der Waals surface area contributed by atoms with Gasteiger partial charge in [-0.25, -0.2) is 9.97 Å². The highest BCUT2D eigenvalue weighted by Crippen LogP contribution is 2.43. The van der Waals surface area contributed by atoms with Gasteiger partial charge >= 0.3 is 0 Å². The van der Waals surface area contributed by atoms with Crippen LogP contribution in [0, 0.1) is 0 Å². The zero-order chi connectivity index (χ0) is 32.8. The van der Waals surface area contributed by atoms with Crippen LogP contribution in [0.25, 0.3) is 67.3 Å². The van der Waals surface area contributed by atoms with E-state index >= 15 is 0 Å². The van der Waals surface area contributed by atoms with Gasteiger partial charge in [-0.2, -0.15) is 0 Å². The lowest BCUT2D eigenvalue weighted by atomic mass is 9.96. The molecule has 0 saturated carbocycles. The molecule has 8 aromatic rings. The van der Waals surface area contributed by atoms with E-state index in [9.17, 15) is 0 Å². The Hall–Kier alpha value is -6.16. The summed E-state index contributed by atoms with van der Waals surface area (Å²) in [5.41, 5.74) is 15.9. The number of benzene rings is 7. The lowest BCUT2D eigenvalue weighted by Crippen LogP contribution is -2.70. The number of hydrogen-bond acceptors (Lipinski definition) is 2. The number of nitrogens with zero attached hydrogens (tertiary/aromatic N) is 2. The Morgan fingerprint density at radius 1 is 0.360 bits per heavy atom. The smallest absolute Gasteiger partial charge is 0.182 e. The maximum atomic E-state index is 5.26. The summed E-state index contributed by atoms with van der Waals surface area (Å²) in [6.07, 6.45) is 0.828. The van der Waals surface area contributed by atoms with Gasteiger partial charge in [0.05, 0.1) is 11.4 Å². The van der Waals surface area contributed by atoms with Crippen LogP contribution in [0.4, 0.5) is 0 Å². The molecule has 11 rings (SSSR count). The highest BCUT2D eigenvalue weighted by atomic mass is 28.3. The normalized spacial score (nSPS) is 13.7. The quantitative estimate of drug-likeness (QED) is 0.180. The molecule has 7 aromatic carbocycles. The number of rotatable bonds is 3. The molecule has 2 aliphatic heterocycles. The summed E-state index contributed by atoms with van der Waals surface area (Å²) in [5.74, 6) is 0.767. The Balaban J connectivity index is 1.09. The van der Waals surface area contributed by atoms with Crippen molar-refractivity contribution >= 4 is 28.8 Å². The second-order valence-electron chi connectivity index (χ2n) is 13.7. The maximum Gasteiger partial charge on any atom is 0.182 e. The van der Waals surface area contributed by atoms with Crippen LogP contribution in [0.15, 0.2) is 170 Å². The van der Waals surface area contributed by atoms with E-state index in [0.29, 0.717) is 0 Å². The van der Waals surface area contributed by atoms with Crippen molar-refractivity contribution in [2.75, 3.05) is 0 Å². The highest BCUT2D eigenvalue weighted by Gasteiger charge is 2.53. The predicted molar refractivity (Wildman–Crippen MR) is 208 cm³/mol. The van der Waals surface area contributed by atoms with Crippen LogP contribution < -0.4 is 20.7 Å². The summed E-state index contributed by atoms with van der Waals surface area (Å²) in [6.45, 7) is 0. The van der Waals surface area contributed by atoms with E-state index in [4.69, 9.17) is 9.97 Å². The van der Waals surface area contributed by atoms with Crippen molar-refractivity contribution in [3.05, 3.63) is 181 Å². The molecule has 50 heavy (non-hydrogen) atoms. The van der Waals surface area contributed by atoms with E-state index < -0.39 is 8.07 Å². The van der Waals surface area contributed by atoms with Gasteiger partial charge in [0.25, 0.3) is 0 Å². The summed E-state index contributed by atoms with van der Waals surface area (Å²) in [4.78, 5) is 10.4. The van der Waals surface area contributed by atoms with Crippen molar-refractivity contribution < 1.29 is 0 Å². The maximum absolute atomic E-state index is 5.26. The molecule has 0 radical (unpaired) electrons. The Labute approximate surface area is 292 Å². The first kappa shape index (κ1) is 27.8. The molecule has 0 saturated heterocycles. The number of aromatic nitrogens is 2. The summed E-state index contributed by atoms with van der Waals surface area (Å²) >= 11 is 0. The summed E-state index contributed by atoms with van der Waals surface area (Å²) in [6, 6.07) is 62.6. The van der Waals surface area contributed by atoms with E-state index in [-0.39, 0.29) is 0 Å². The molecule has 0 unspecified atom stereocenters. The van der Waals surface area contributed by atoms with Gasteiger partial charge in [-0.15, -0.1) is 0 Å². The van der Waals surface area contributed by atoms with Crippen LogP contribution in [0.2, 0.25) is 0 Å². The van der Waals surface area contributed by atoms with Crippen molar-refractivity contribution in [2.24, 2.45) is 0 Å². The topological polar surface area (TPSA) is 25.8 Å². The number of hydrogen-bond donors (Lipinski definition) is 0. The first-order chi connectivity index (χ1) is 24.8. The average Bonchev–Trinajstić information content (AvgIpc) is 3.82. The van der Waals surface area contributed by atoms with Crippen LogP contribution in [-0.2, 0) is 6.42 Å². The second-order valence-corrected chi connectivity index (χ2v) is 17.3. The number of fused-ring (bicyclic) bond motifs is 13. The van der Waals surface area contributed by atoms with Crippen molar-refractivity contribution in [3.8, 4) is 67.3 Å². The fourth-order valence-electron chi connectivity index (χ4n) is 9.03. The molecule has 0 bridgehead atoms. The first-order valence-corrected chi connectivity index (χ1v) is 19.4. The van der Waals surface area contributed by atoms with Gasteiger partial charge in [-0.05, 0) is 71.8 Å². The van der Waals surface area contributed by atoms with Gasteiger partial charge in [0.2, 0.25) is 0 Å². The Morgan fingerprint density at radius 2 is 0.840 bits per heavy atom. The Bertz CT molecular complexity index is 2630. The van der Waals surface area contributed by atoms with Crippen LogP contribution in [0.1, 0.15) is 11.1 Å². The third-order valence-electron chi connectivity index (χ3n) is 11.1. The molecule has 3 heterocycles. The SMILES string of the molecule is c1ccc(-c2nc(-c3ccccc3)c3c(n2)-c2cc(-c4ccc5c(c4)-c4ccccc4[Si]54c5ccccc5-c5ccccc54)ccc2C3)cc1. The largest absolute Gasteiger partial charge is 0.228 e. The fraction of sp³-hybridized carbons (Fsp3) is 0.0213. The van der Waals surface area contributed by atoms with E-state index in [1.807, 2.05) is 6.07 Å². The Morgan fingerprint density at radius 3 is 1.48 bits per heavy atom. The molecule has 3 heteroatoms. The van der Waals surface area contributed by atoms with Gasteiger partial charge in [-0.1, -0.05) is 158 Å². The Kier molecular flexibility index (Phi) is 5.78. The van der Waals surface area contributed by atoms with E-state index in [0.717, 1.165) is 34.8 Å². The van der Waals surface area contributed by atoms with E-state index in [1.54, 1.807) is 0 Å². The van der Waals surface area contributed by atoms with Crippen LogP contribution in [-0.4, -0.2) is 18.0 Å². The third kappa shape index (κ3) is 3.73. The van der Waals surface area contributed by atoms with Crippen molar-refractivity contribution in [1.29, 1.82) is 0 Å². The highest BCUT2D eigenvalue weighted by molar-refractivity contribution is 7.24. The zero-order valence-electron chi connectivity index (χ0n) is 27.3. The molecule has 1 aromatic heterocycles. The molecule has 1 spiro atoms. The van der Waals surface area contributed by atoms with Gasteiger partial charge < -0.3 is 0 Å². The molecule has 0 N–H and O–H groups in total. The molecular formula is C47H30N2Si. The van der Waals surface area contributed by atoms with Crippen LogP contribution in [0.5, 0.6) is 0 Å². The average molecular weight is 651 g/mol. The lowest BCUT2D eigenvalue weighted by molar-refractivity contribution is 1.13. The van der Waals surface area contributed by atoms with Gasteiger partial charge in [0.15, 0.2) is 13.9 Å². The minimum absolute atomic E-state index is 0.767. The summed E-state index contributed by atoms with van der Waals surface area (Å²) in [7, 11) is -2.43. The van der Waals surface area contributed by atoms with Crippen molar-refractivity contribution in [3.63, 3.8) is 0 Å². The standard InChI is InChI=1S/C47H30N2Si/c1-3-13-30(14-4-1)45-40-29-34-24-23-32(27-38(34)46(40)49-47(48-45)31-15-5-2-6-16-31)33-25-26-44-39(28-33)37-19-9-12-22-43(37)50(44)41-20-10-7-17-35(41)36-18-8-11-21-42(36)50/h1-28H,29H2. The predicted octanol–water partition coefficient (Wildman–Crippen LogP) is 8.39. The minimum atomic E-state index is -2.43. The molecular weight excluding hydrogens is 621 g/mol. The molecule has 2 nitrogen and oxygen atoms in total. The molecule has 1 aliphatic carbocycles. The second kappa shape index (κ2) is 10.4. The lowest BCUT2D eigenvalue weighted by Gasteiger charge is -2.27. The fourth-order valence-corrected chi connectivity index (χ4v) is 14.6.